The lowest BCUT2D eigenvalue weighted by molar-refractivity contribution is 0.680. The SMILES string of the molecule is CC(C)S(=O)Nc1ccccc1I. The minimum atomic E-state index is -0.988. The third-order valence-electron chi connectivity index (χ3n) is 1.51. The molecule has 0 aliphatic rings. The quantitative estimate of drug-likeness (QED) is 0.855. The summed E-state index contributed by atoms with van der Waals surface area (Å²) in [6.07, 6.45) is 0. The second-order valence-corrected chi connectivity index (χ2v) is 5.83. The van der Waals surface area contributed by atoms with Crippen LogP contribution in [0.25, 0.3) is 0 Å². The van der Waals surface area contributed by atoms with Crippen molar-refractivity contribution in [3.8, 4) is 0 Å². The van der Waals surface area contributed by atoms with Gasteiger partial charge in [0.2, 0.25) is 0 Å². The van der Waals surface area contributed by atoms with Gasteiger partial charge >= 0.3 is 0 Å². The van der Waals surface area contributed by atoms with Gasteiger partial charge in [0.05, 0.1) is 5.69 Å². The molecule has 0 amide bonds. The predicted molar refractivity (Wildman–Crippen MR) is 66.1 cm³/mol. The average Bonchev–Trinajstić information content (AvgIpc) is 2.08. The molecule has 1 unspecified atom stereocenters. The Morgan fingerprint density at radius 3 is 2.54 bits per heavy atom. The summed E-state index contributed by atoms with van der Waals surface area (Å²) in [7, 11) is -0.988. The number of nitrogens with one attached hydrogen (secondary N) is 1. The third kappa shape index (κ3) is 3.27. The van der Waals surface area contributed by atoms with Crippen molar-refractivity contribution in [2.45, 2.75) is 19.1 Å². The molecule has 0 bridgehead atoms. The molecule has 0 fully saturated rings. The summed E-state index contributed by atoms with van der Waals surface area (Å²) in [5.41, 5.74) is 0.940. The van der Waals surface area contributed by atoms with Crippen LogP contribution in [-0.2, 0) is 11.0 Å². The molecular formula is C9H12INOS. The van der Waals surface area contributed by atoms with E-state index in [9.17, 15) is 4.21 Å². The molecule has 2 nitrogen and oxygen atoms in total. The van der Waals surface area contributed by atoms with E-state index in [0.29, 0.717) is 0 Å². The van der Waals surface area contributed by atoms with E-state index in [1.807, 2.05) is 38.1 Å². The topological polar surface area (TPSA) is 29.1 Å². The Hall–Kier alpha value is -0.100. The van der Waals surface area contributed by atoms with Crippen molar-refractivity contribution in [2.75, 3.05) is 4.72 Å². The maximum Gasteiger partial charge on any atom is 0.119 e. The van der Waals surface area contributed by atoms with Crippen LogP contribution < -0.4 is 4.72 Å². The van der Waals surface area contributed by atoms with Gasteiger partial charge in [-0.2, -0.15) is 0 Å². The first-order valence-electron chi connectivity index (χ1n) is 4.03. The van der Waals surface area contributed by atoms with Crippen LogP contribution in [-0.4, -0.2) is 9.46 Å². The molecular weight excluding hydrogens is 297 g/mol. The first-order valence-corrected chi connectivity index (χ1v) is 6.32. The van der Waals surface area contributed by atoms with Crippen LogP contribution in [0.1, 0.15) is 13.8 Å². The molecule has 0 heterocycles. The molecule has 1 N–H and O–H groups in total. The van der Waals surface area contributed by atoms with Gasteiger partial charge < -0.3 is 4.72 Å². The Labute approximate surface area is 94.8 Å². The molecule has 1 atom stereocenters. The lowest BCUT2D eigenvalue weighted by atomic mass is 10.3. The number of anilines is 1. The van der Waals surface area contributed by atoms with Crippen LogP contribution in [0.15, 0.2) is 24.3 Å². The molecule has 0 radical (unpaired) electrons. The molecule has 0 aliphatic carbocycles. The Bertz CT molecular complexity index is 314. The van der Waals surface area contributed by atoms with Gasteiger partial charge in [0, 0.05) is 8.82 Å². The molecule has 1 aromatic carbocycles. The highest BCUT2D eigenvalue weighted by Crippen LogP contribution is 2.17. The summed E-state index contributed by atoms with van der Waals surface area (Å²) in [6, 6.07) is 7.82. The zero-order valence-corrected chi connectivity index (χ0v) is 10.6. The van der Waals surface area contributed by atoms with Gasteiger partial charge in [-0.1, -0.05) is 12.1 Å². The van der Waals surface area contributed by atoms with E-state index in [-0.39, 0.29) is 5.25 Å². The molecule has 72 valence electrons. The van der Waals surface area contributed by atoms with Gasteiger partial charge in [-0.05, 0) is 48.6 Å². The zero-order valence-electron chi connectivity index (χ0n) is 7.58. The van der Waals surface area contributed by atoms with E-state index >= 15 is 0 Å². The highest BCUT2D eigenvalue weighted by atomic mass is 127. The molecule has 0 aromatic heterocycles. The highest BCUT2D eigenvalue weighted by molar-refractivity contribution is 14.1. The number of benzene rings is 1. The van der Waals surface area contributed by atoms with E-state index in [4.69, 9.17) is 0 Å². The number of hydrogen-bond donors (Lipinski definition) is 1. The van der Waals surface area contributed by atoms with Crippen molar-refractivity contribution < 1.29 is 4.21 Å². The Morgan fingerprint density at radius 1 is 1.38 bits per heavy atom. The summed E-state index contributed by atoms with van der Waals surface area (Å²) >= 11 is 2.22. The number of para-hydroxylation sites is 1. The molecule has 13 heavy (non-hydrogen) atoms. The summed E-state index contributed by atoms with van der Waals surface area (Å²) in [5.74, 6) is 0. The van der Waals surface area contributed by atoms with Crippen LogP contribution in [0.5, 0.6) is 0 Å². The maximum atomic E-state index is 11.5. The van der Waals surface area contributed by atoms with E-state index < -0.39 is 11.0 Å². The smallest absolute Gasteiger partial charge is 0.119 e. The van der Waals surface area contributed by atoms with Crippen molar-refractivity contribution in [1.82, 2.24) is 0 Å². The fourth-order valence-corrected chi connectivity index (χ4v) is 2.11. The van der Waals surface area contributed by atoms with Crippen molar-refractivity contribution in [1.29, 1.82) is 0 Å². The summed E-state index contributed by atoms with van der Waals surface area (Å²) < 4.78 is 15.5. The van der Waals surface area contributed by atoms with Gasteiger partial charge in [0.15, 0.2) is 0 Å². The minimum Gasteiger partial charge on any atom is -0.304 e. The molecule has 0 aliphatic heterocycles. The van der Waals surface area contributed by atoms with Gasteiger partial charge in [0.1, 0.15) is 11.0 Å². The van der Waals surface area contributed by atoms with Crippen molar-refractivity contribution in [2.24, 2.45) is 0 Å². The fraction of sp³-hybridized carbons (Fsp3) is 0.333. The fourth-order valence-electron chi connectivity index (χ4n) is 0.770. The maximum absolute atomic E-state index is 11.5. The number of rotatable bonds is 3. The van der Waals surface area contributed by atoms with Gasteiger partial charge in [-0.15, -0.1) is 0 Å². The van der Waals surface area contributed by atoms with Crippen LogP contribution in [0.2, 0.25) is 0 Å². The normalized spacial score (nSPS) is 12.9. The van der Waals surface area contributed by atoms with Crippen molar-refractivity contribution in [3.63, 3.8) is 0 Å². The Morgan fingerprint density at radius 2 is 2.00 bits per heavy atom. The zero-order chi connectivity index (χ0) is 9.84. The van der Waals surface area contributed by atoms with Crippen LogP contribution in [0.3, 0.4) is 0 Å². The van der Waals surface area contributed by atoms with E-state index in [1.165, 1.54) is 0 Å². The monoisotopic (exact) mass is 309 g/mol. The Balaban J connectivity index is 2.75. The lowest BCUT2D eigenvalue weighted by Gasteiger charge is -2.09. The summed E-state index contributed by atoms with van der Waals surface area (Å²) in [6.45, 7) is 3.86. The van der Waals surface area contributed by atoms with E-state index in [1.54, 1.807) is 0 Å². The van der Waals surface area contributed by atoms with E-state index in [2.05, 4.69) is 27.3 Å². The first kappa shape index (κ1) is 11.0. The molecule has 1 aromatic rings. The number of hydrogen-bond acceptors (Lipinski definition) is 1. The second-order valence-electron chi connectivity index (χ2n) is 2.93. The van der Waals surface area contributed by atoms with Gasteiger partial charge in [-0.3, -0.25) is 0 Å². The Kier molecular flexibility index (Phi) is 4.18. The molecule has 0 spiro atoms. The standard InChI is InChI=1S/C9H12INOS/c1-7(2)13(12)11-9-6-4-3-5-8(9)10/h3-7,11H,1-2H3. The molecule has 4 heteroatoms. The van der Waals surface area contributed by atoms with Crippen LogP contribution in [0, 0.1) is 3.57 Å². The predicted octanol–water partition coefficient (Wildman–Crippen LogP) is 2.78. The number of halogens is 1. The van der Waals surface area contributed by atoms with Gasteiger partial charge in [0.25, 0.3) is 0 Å². The minimum absolute atomic E-state index is 0.135. The summed E-state index contributed by atoms with van der Waals surface area (Å²) in [5, 5.41) is 0.135. The van der Waals surface area contributed by atoms with Crippen molar-refractivity contribution in [3.05, 3.63) is 27.8 Å². The lowest BCUT2D eigenvalue weighted by Crippen LogP contribution is -2.15. The largest absolute Gasteiger partial charge is 0.304 e. The third-order valence-corrected chi connectivity index (χ3v) is 3.73. The van der Waals surface area contributed by atoms with Gasteiger partial charge in [-0.25, -0.2) is 4.21 Å². The van der Waals surface area contributed by atoms with Crippen LogP contribution >= 0.6 is 22.6 Å². The second kappa shape index (κ2) is 4.95. The van der Waals surface area contributed by atoms with Crippen LogP contribution in [0.4, 0.5) is 5.69 Å². The molecule has 0 saturated heterocycles. The summed E-state index contributed by atoms with van der Waals surface area (Å²) in [4.78, 5) is 0. The van der Waals surface area contributed by atoms with Crippen molar-refractivity contribution >= 4 is 39.3 Å². The molecule has 0 saturated carbocycles. The molecule has 1 rings (SSSR count). The first-order chi connectivity index (χ1) is 6.11. The highest BCUT2D eigenvalue weighted by Gasteiger charge is 2.06. The van der Waals surface area contributed by atoms with E-state index in [0.717, 1.165) is 9.26 Å². The average molecular weight is 309 g/mol.